The Hall–Kier alpha value is -1.89. The van der Waals surface area contributed by atoms with E-state index in [0.717, 1.165) is 27.7 Å². The van der Waals surface area contributed by atoms with Gasteiger partial charge in [0.15, 0.2) is 6.10 Å². The zero-order chi connectivity index (χ0) is 21.8. The van der Waals surface area contributed by atoms with Gasteiger partial charge in [-0.25, -0.2) is 4.79 Å². The fourth-order valence-electron chi connectivity index (χ4n) is 3.23. The molecular weight excluding hydrogens is 432 g/mol. The fraction of sp³-hybridized carbons (Fsp3) is 0.435. The summed E-state index contributed by atoms with van der Waals surface area (Å²) in [6.07, 6.45) is -0.860. The first-order valence-corrected chi connectivity index (χ1v) is 10.4. The molecule has 0 aliphatic carbocycles. The number of halogens is 1. The first kappa shape index (κ1) is 23.4. The summed E-state index contributed by atoms with van der Waals surface area (Å²) in [5.41, 5.74) is 11.4. The van der Waals surface area contributed by atoms with Gasteiger partial charge >= 0.3 is 5.97 Å². The molecule has 0 amide bonds. The number of nitrogens with one attached hydrogen (secondary N) is 1. The van der Waals surface area contributed by atoms with E-state index >= 15 is 0 Å². The Kier molecular flexibility index (Phi) is 7.86. The molecule has 6 heteroatoms. The van der Waals surface area contributed by atoms with E-state index in [-0.39, 0.29) is 0 Å². The molecule has 3 N–H and O–H groups in total. The third-order valence-electron chi connectivity index (χ3n) is 4.77. The number of esters is 1. The Labute approximate surface area is 182 Å². The number of benzene rings is 2. The molecule has 0 aliphatic rings. The molecule has 0 fully saturated rings. The van der Waals surface area contributed by atoms with Crippen LogP contribution >= 0.6 is 15.9 Å². The number of carbonyl (C=O) groups excluding carboxylic acids is 1. The van der Waals surface area contributed by atoms with Crippen LogP contribution in [0.2, 0.25) is 0 Å². The molecule has 0 bridgehead atoms. The predicted molar refractivity (Wildman–Crippen MR) is 121 cm³/mol. The molecule has 5 nitrogen and oxygen atoms in total. The second-order valence-corrected chi connectivity index (χ2v) is 8.89. The molecule has 0 saturated carbocycles. The molecule has 29 heavy (non-hydrogen) atoms. The van der Waals surface area contributed by atoms with Gasteiger partial charge in [0.1, 0.15) is 0 Å². The highest BCUT2D eigenvalue weighted by Crippen LogP contribution is 2.40. The number of nitrogen functional groups attached to an aromatic ring is 1. The largest absolute Gasteiger partial charge is 0.467 e. The van der Waals surface area contributed by atoms with Gasteiger partial charge in [0.2, 0.25) is 0 Å². The number of methoxy groups -OCH3 is 1. The monoisotopic (exact) mass is 462 g/mol. The van der Waals surface area contributed by atoms with Crippen LogP contribution in [0.3, 0.4) is 0 Å². The summed E-state index contributed by atoms with van der Waals surface area (Å²) < 4.78 is 11.9. The van der Waals surface area contributed by atoms with Crippen LogP contribution in [-0.4, -0.2) is 18.7 Å². The highest BCUT2D eigenvalue weighted by atomic mass is 79.9. The van der Waals surface area contributed by atoms with Crippen molar-refractivity contribution in [3.05, 3.63) is 62.6 Å². The van der Waals surface area contributed by atoms with Crippen molar-refractivity contribution < 1.29 is 14.3 Å². The van der Waals surface area contributed by atoms with Crippen molar-refractivity contribution in [2.75, 3.05) is 12.8 Å². The van der Waals surface area contributed by atoms with E-state index in [1.807, 2.05) is 52.8 Å². The third kappa shape index (κ3) is 5.81. The Morgan fingerprint density at radius 2 is 1.76 bits per heavy atom. The van der Waals surface area contributed by atoms with E-state index in [1.54, 1.807) is 0 Å². The van der Waals surface area contributed by atoms with Gasteiger partial charge in [-0.05, 0) is 56.9 Å². The Morgan fingerprint density at radius 3 is 2.31 bits per heavy atom. The van der Waals surface area contributed by atoms with Gasteiger partial charge in [-0.1, -0.05) is 46.3 Å². The van der Waals surface area contributed by atoms with Crippen LogP contribution in [0.4, 0.5) is 5.69 Å². The lowest BCUT2D eigenvalue weighted by molar-refractivity contribution is -0.164. The lowest BCUT2D eigenvalue weighted by Crippen LogP contribution is -2.29. The molecule has 0 saturated heterocycles. The molecular formula is C23H31BrN2O3. The molecule has 2 rings (SSSR count). The zero-order valence-electron chi connectivity index (χ0n) is 18.1. The van der Waals surface area contributed by atoms with Crippen molar-refractivity contribution in [3.8, 4) is 0 Å². The van der Waals surface area contributed by atoms with Crippen molar-refractivity contribution in [1.29, 1.82) is 0 Å². The molecule has 158 valence electrons. The second kappa shape index (κ2) is 9.74. The minimum absolute atomic E-state index is 0.447. The summed E-state index contributed by atoms with van der Waals surface area (Å²) in [6, 6.07) is 10.2. The standard InChI is InChI=1S/C23H31BrN2O3/c1-14-17(13-26-12-16-10-8-7-9-11-16)20(25)15(2)18(19(14)24)21(22(27)28-6)29-23(3,4)5/h7-11,21,26H,12-13,25H2,1-6H3. The van der Waals surface area contributed by atoms with Crippen LogP contribution in [0.15, 0.2) is 34.8 Å². The molecule has 0 radical (unpaired) electrons. The van der Waals surface area contributed by atoms with Gasteiger partial charge in [0, 0.05) is 28.8 Å². The average Bonchev–Trinajstić information content (AvgIpc) is 2.67. The van der Waals surface area contributed by atoms with E-state index in [0.29, 0.717) is 17.8 Å². The Morgan fingerprint density at radius 1 is 1.14 bits per heavy atom. The van der Waals surface area contributed by atoms with Crippen molar-refractivity contribution in [3.63, 3.8) is 0 Å². The molecule has 0 aromatic heterocycles. The van der Waals surface area contributed by atoms with Crippen molar-refractivity contribution in [1.82, 2.24) is 5.32 Å². The summed E-state index contributed by atoms with van der Waals surface area (Å²) >= 11 is 3.69. The van der Waals surface area contributed by atoms with Crippen LogP contribution < -0.4 is 11.1 Å². The van der Waals surface area contributed by atoms with Crippen LogP contribution in [0.25, 0.3) is 0 Å². The van der Waals surface area contributed by atoms with Crippen molar-refractivity contribution in [2.24, 2.45) is 0 Å². The summed E-state index contributed by atoms with van der Waals surface area (Å²) in [7, 11) is 1.36. The number of rotatable bonds is 7. The maximum Gasteiger partial charge on any atom is 0.339 e. The summed E-state index contributed by atoms with van der Waals surface area (Å²) in [5, 5.41) is 3.45. The fourth-order valence-corrected chi connectivity index (χ4v) is 3.97. The topological polar surface area (TPSA) is 73.6 Å². The molecule has 0 heterocycles. The minimum Gasteiger partial charge on any atom is -0.467 e. The second-order valence-electron chi connectivity index (χ2n) is 8.09. The van der Waals surface area contributed by atoms with E-state index < -0.39 is 17.7 Å². The first-order chi connectivity index (χ1) is 13.6. The molecule has 1 unspecified atom stereocenters. The molecule has 0 aliphatic heterocycles. The number of nitrogens with two attached hydrogens (primary N) is 1. The maximum atomic E-state index is 12.5. The number of carbonyl (C=O) groups is 1. The van der Waals surface area contributed by atoms with Crippen LogP contribution in [-0.2, 0) is 27.4 Å². The normalized spacial score (nSPS) is 12.7. The summed E-state index contributed by atoms with van der Waals surface area (Å²) in [4.78, 5) is 12.5. The lowest BCUT2D eigenvalue weighted by Gasteiger charge is -2.29. The molecule has 2 aromatic carbocycles. The molecule has 2 aromatic rings. The highest BCUT2D eigenvalue weighted by molar-refractivity contribution is 9.10. The number of ether oxygens (including phenoxy) is 2. The SMILES string of the molecule is COC(=O)C(OC(C)(C)C)c1c(C)c(N)c(CNCc2ccccc2)c(C)c1Br. The van der Waals surface area contributed by atoms with E-state index in [2.05, 4.69) is 33.4 Å². The lowest BCUT2D eigenvalue weighted by atomic mass is 9.93. The number of hydrogen-bond donors (Lipinski definition) is 2. The zero-order valence-corrected chi connectivity index (χ0v) is 19.6. The van der Waals surface area contributed by atoms with Crippen molar-refractivity contribution in [2.45, 2.75) is 59.4 Å². The van der Waals surface area contributed by atoms with Crippen LogP contribution in [0, 0.1) is 13.8 Å². The predicted octanol–water partition coefficient (Wildman–Crippen LogP) is 4.97. The van der Waals surface area contributed by atoms with Gasteiger partial charge in [-0.15, -0.1) is 0 Å². The summed E-state index contributed by atoms with van der Waals surface area (Å²) in [5.74, 6) is -0.447. The smallest absolute Gasteiger partial charge is 0.339 e. The van der Waals surface area contributed by atoms with Crippen molar-refractivity contribution >= 4 is 27.6 Å². The summed E-state index contributed by atoms with van der Waals surface area (Å²) in [6.45, 7) is 11.0. The van der Waals surface area contributed by atoms with E-state index in [9.17, 15) is 4.79 Å². The van der Waals surface area contributed by atoms with E-state index in [4.69, 9.17) is 15.2 Å². The van der Waals surface area contributed by atoms with Gasteiger partial charge < -0.3 is 20.5 Å². The quantitative estimate of drug-likeness (QED) is 0.448. The average molecular weight is 463 g/mol. The molecule has 1 atom stereocenters. The first-order valence-electron chi connectivity index (χ1n) is 9.64. The van der Waals surface area contributed by atoms with Gasteiger partial charge in [-0.3, -0.25) is 0 Å². The highest BCUT2D eigenvalue weighted by Gasteiger charge is 2.33. The van der Waals surface area contributed by atoms with E-state index in [1.165, 1.54) is 12.7 Å². The van der Waals surface area contributed by atoms with Crippen LogP contribution in [0.5, 0.6) is 0 Å². The molecule has 0 spiro atoms. The minimum atomic E-state index is -0.860. The van der Waals surface area contributed by atoms with Gasteiger partial charge in [0.05, 0.1) is 12.7 Å². The number of hydrogen-bond acceptors (Lipinski definition) is 5. The number of anilines is 1. The Bertz CT molecular complexity index is 832. The van der Waals surface area contributed by atoms with Gasteiger partial charge in [0.25, 0.3) is 0 Å². The Balaban J connectivity index is 2.37. The third-order valence-corrected chi connectivity index (χ3v) is 5.80. The maximum absolute atomic E-state index is 12.5. The van der Waals surface area contributed by atoms with Gasteiger partial charge in [-0.2, -0.15) is 0 Å². The van der Waals surface area contributed by atoms with Crippen LogP contribution in [0.1, 0.15) is 54.7 Å².